The van der Waals surface area contributed by atoms with Crippen LogP contribution in [0.1, 0.15) is 52.1 Å². The van der Waals surface area contributed by atoms with Crippen molar-refractivity contribution in [1.82, 2.24) is 4.57 Å². The number of epoxide rings is 1. The van der Waals surface area contributed by atoms with Gasteiger partial charge in [0.05, 0.1) is 11.8 Å². The molecule has 1 aliphatic heterocycles. The van der Waals surface area contributed by atoms with Gasteiger partial charge in [-0.3, -0.25) is 0 Å². The van der Waals surface area contributed by atoms with Crippen molar-refractivity contribution in [3.8, 4) is 0 Å². The maximum Gasteiger partial charge on any atom is 0.134 e. The molecule has 0 unspecified atom stereocenters. The maximum absolute atomic E-state index is 6.14. The molecule has 100 valence electrons. The molecule has 2 aliphatic rings. The number of nitrogens with zero attached hydrogens (tertiary/aromatic N) is 1. The predicted molar refractivity (Wildman–Crippen MR) is 73.4 cm³/mol. The van der Waals surface area contributed by atoms with Crippen LogP contribution in [0.3, 0.4) is 0 Å². The van der Waals surface area contributed by atoms with Crippen molar-refractivity contribution in [2.45, 2.75) is 58.2 Å². The molecule has 2 heterocycles. The summed E-state index contributed by atoms with van der Waals surface area (Å²) in [4.78, 5) is 0. The maximum atomic E-state index is 6.14. The van der Waals surface area contributed by atoms with E-state index < -0.39 is 0 Å². The number of hydrogen-bond donors (Lipinski definition) is 0. The third kappa shape index (κ3) is 1.65. The molecule has 0 N–H and O–H groups in total. The molecule has 1 aromatic heterocycles. The molecule has 0 amide bonds. The molecule has 0 aromatic carbocycles. The largest absolute Gasteiger partial charge is 0.359 e. The van der Waals surface area contributed by atoms with Crippen LogP contribution in [0.5, 0.6) is 0 Å². The van der Waals surface area contributed by atoms with E-state index >= 15 is 0 Å². The molecule has 3 rings (SSSR count). The molecule has 1 saturated heterocycles. The number of ether oxygens (including phenoxy) is 1. The van der Waals surface area contributed by atoms with E-state index in [1.807, 2.05) is 0 Å². The van der Waals surface area contributed by atoms with E-state index in [-0.39, 0.29) is 5.60 Å². The van der Waals surface area contributed by atoms with Crippen LogP contribution < -0.4 is 0 Å². The first kappa shape index (κ1) is 12.3. The Kier molecular flexibility index (Phi) is 2.64. The highest BCUT2D eigenvalue weighted by molar-refractivity contribution is 5.26. The van der Waals surface area contributed by atoms with Gasteiger partial charge in [-0.05, 0) is 42.7 Å². The molecule has 0 spiro atoms. The van der Waals surface area contributed by atoms with Crippen LogP contribution in [0, 0.1) is 11.3 Å². The smallest absolute Gasteiger partial charge is 0.134 e. The second-order valence-electron chi connectivity index (χ2n) is 6.81. The highest BCUT2D eigenvalue weighted by Crippen LogP contribution is 2.59. The zero-order chi connectivity index (χ0) is 13.0. The van der Waals surface area contributed by atoms with Crippen LogP contribution >= 0.6 is 0 Å². The fraction of sp³-hybridized carbons (Fsp3) is 0.750. The zero-order valence-corrected chi connectivity index (χ0v) is 12.1. The van der Waals surface area contributed by atoms with Gasteiger partial charge in [0.1, 0.15) is 5.60 Å². The van der Waals surface area contributed by atoms with Crippen molar-refractivity contribution >= 4 is 0 Å². The van der Waals surface area contributed by atoms with Crippen molar-refractivity contribution in [3.05, 3.63) is 24.0 Å². The van der Waals surface area contributed by atoms with E-state index in [0.29, 0.717) is 11.5 Å². The van der Waals surface area contributed by atoms with Gasteiger partial charge in [-0.2, -0.15) is 0 Å². The van der Waals surface area contributed by atoms with Gasteiger partial charge >= 0.3 is 0 Å². The van der Waals surface area contributed by atoms with Crippen LogP contribution in [0.25, 0.3) is 0 Å². The molecule has 18 heavy (non-hydrogen) atoms. The second kappa shape index (κ2) is 3.86. The average molecular weight is 247 g/mol. The molecule has 1 saturated carbocycles. The quantitative estimate of drug-likeness (QED) is 0.742. The monoisotopic (exact) mass is 247 g/mol. The Morgan fingerprint density at radius 1 is 1.50 bits per heavy atom. The second-order valence-corrected chi connectivity index (χ2v) is 6.81. The molecule has 3 atom stereocenters. The fourth-order valence-corrected chi connectivity index (χ4v) is 3.70. The lowest BCUT2D eigenvalue weighted by atomic mass is 9.67. The number of fused-ring (bicyclic) bond motifs is 1. The molecule has 2 heteroatoms. The van der Waals surface area contributed by atoms with E-state index in [0.717, 1.165) is 5.92 Å². The van der Waals surface area contributed by atoms with Crippen LogP contribution in [-0.2, 0) is 17.4 Å². The minimum Gasteiger partial charge on any atom is -0.359 e. The van der Waals surface area contributed by atoms with Crippen LogP contribution in [-0.4, -0.2) is 10.7 Å². The Labute approximate surface area is 110 Å². The third-order valence-corrected chi connectivity index (χ3v) is 5.57. The highest BCUT2D eigenvalue weighted by Gasteiger charge is 2.62. The first-order valence-electron chi connectivity index (χ1n) is 7.29. The van der Waals surface area contributed by atoms with Gasteiger partial charge in [-0.1, -0.05) is 27.2 Å². The van der Waals surface area contributed by atoms with Gasteiger partial charge in [-0.25, -0.2) is 0 Å². The Balaban J connectivity index is 1.76. The SMILES string of the molecule is CCC(C)(C)[C@@H]1CC[C@]2(c3cccn3C)O[C@@H]2C1. The van der Waals surface area contributed by atoms with Gasteiger partial charge in [0, 0.05) is 13.2 Å². The first-order chi connectivity index (χ1) is 8.49. The number of aryl methyl sites for hydroxylation is 1. The number of aromatic nitrogens is 1. The van der Waals surface area contributed by atoms with E-state index in [9.17, 15) is 0 Å². The number of rotatable bonds is 3. The summed E-state index contributed by atoms with van der Waals surface area (Å²) in [6, 6.07) is 4.36. The normalized spacial score (nSPS) is 35.3. The summed E-state index contributed by atoms with van der Waals surface area (Å²) in [7, 11) is 2.13. The molecule has 0 radical (unpaired) electrons. The van der Waals surface area contributed by atoms with E-state index in [1.54, 1.807) is 0 Å². The summed E-state index contributed by atoms with van der Waals surface area (Å²) in [6.07, 6.45) is 7.61. The summed E-state index contributed by atoms with van der Waals surface area (Å²) in [5, 5.41) is 0. The Hall–Kier alpha value is -0.760. The van der Waals surface area contributed by atoms with Crippen LogP contribution in [0.15, 0.2) is 18.3 Å². The molecule has 2 nitrogen and oxygen atoms in total. The van der Waals surface area contributed by atoms with Crippen LogP contribution in [0.2, 0.25) is 0 Å². The van der Waals surface area contributed by atoms with Gasteiger partial charge < -0.3 is 9.30 Å². The molecule has 1 aliphatic carbocycles. The zero-order valence-electron chi connectivity index (χ0n) is 12.1. The average Bonchev–Trinajstić information content (AvgIpc) is 2.94. The lowest BCUT2D eigenvalue weighted by Gasteiger charge is -2.36. The Morgan fingerprint density at radius 3 is 2.83 bits per heavy atom. The standard InChI is InChI=1S/C16H25NO/c1-5-15(2,3)12-8-9-16(14(11-12)18-16)13-7-6-10-17(13)4/h6-7,10,12,14H,5,8-9,11H2,1-4H3/t12-,14-,16-/m1/s1. The first-order valence-corrected chi connectivity index (χ1v) is 7.29. The van der Waals surface area contributed by atoms with Crippen molar-refractivity contribution in [1.29, 1.82) is 0 Å². The lowest BCUT2D eigenvalue weighted by molar-refractivity contribution is 0.151. The van der Waals surface area contributed by atoms with Crippen molar-refractivity contribution in [3.63, 3.8) is 0 Å². The van der Waals surface area contributed by atoms with Crippen LogP contribution in [0.4, 0.5) is 0 Å². The van der Waals surface area contributed by atoms with Gasteiger partial charge in [-0.15, -0.1) is 0 Å². The Morgan fingerprint density at radius 2 is 2.28 bits per heavy atom. The van der Waals surface area contributed by atoms with E-state index in [1.165, 1.54) is 31.4 Å². The molecule has 0 bridgehead atoms. The minimum absolute atomic E-state index is 0.0680. The van der Waals surface area contributed by atoms with Gasteiger partial charge in [0.2, 0.25) is 0 Å². The molecule has 1 aromatic rings. The molecular formula is C16H25NO. The molecule has 2 fully saturated rings. The summed E-state index contributed by atoms with van der Waals surface area (Å²) >= 11 is 0. The molecular weight excluding hydrogens is 222 g/mol. The fourth-order valence-electron chi connectivity index (χ4n) is 3.70. The van der Waals surface area contributed by atoms with Gasteiger partial charge in [0.15, 0.2) is 0 Å². The van der Waals surface area contributed by atoms with Crippen molar-refractivity contribution < 1.29 is 4.74 Å². The topological polar surface area (TPSA) is 17.5 Å². The highest BCUT2D eigenvalue weighted by atomic mass is 16.6. The minimum atomic E-state index is 0.0680. The van der Waals surface area contributed by atoms with E-state index in [2.05, 4.69) is 50.7 Å². The third-order valence-electron chi connectivity index (χ3n) is 5.57. The predicted octanol–water partition coefficient (Wildman–Crippen LogP) is 3.86. The van der Waals surface area contributed by atoms with E-state index in [4.69, 9.17) is 4.74 Å². The lowest BCUT2D eigenvalue weighted by Crippen LogP contribution is -2.32. The summed E-state index contributed by atoms with van der Waals surface area (Å²) < 4.78 is 8.37. The van der Waals surface area contributed by atoms with Crippen molar-refractivity contribution in [2.75, 3.05) is 0 Å². The number of hydrogen-bond acceptors (Lipinski definition) is 1. The summed E-state index contributed by atoms with van der Waals surface area (Å²) in [5.74, 6) is 0.823. The Bertz CT molecular complexity index is 448. The summed E-state index contributed by atoms with van der Waals surface area (Å²) in [5.41, 5.74) is 1.91. The van der Waals surface area contributed by atoms with Gasteiger partial charge in [0.25, 0.3) is 0 Å². The summed E-state index contributed by atoms with van der Waals surface area (Å²) in [6.45, 7) is 7.14. The van der Waals surface area contributed by atoms with Crippen molar-refractivity contribution in [2.24, 2.45) is 18.4 Å².